The predicted molar refractivity (Wildman–Crippen MR) is 125 cm³/mol. The summed E-state index contributed by atoms with van der Waals surface area (Å²) in [5.41, 5.74) is 0.606. The Bertz CT molecular complexity index is 1190. The van der Waals surface area contributed by atoms with Crippen LogP contribution in [0.2, 0.25) is 0 Å². The number of rotatable bonds is 12. The number of sulfone groups is 1. The fourth-order valence-electron chi connectivity index (χ4n) is 3.04. The first-order chi connectivity index (χ1) is 16.5. The van der Waals surface area contributed by atoms with Gasteiger partial charge >= 0.3 is 5.92 Å². The van der Waals surface area contributed by atoms with Crippen molar-refractivity contribution >= 4 is 33.8 Å². The Kier molecular flexibility index (Phi) is 9.18. The summed E-state index contributed by atoms with van der Waals surface area (Å²) >= 11 is 0. The predicted octanol–water partition coefficient (Wildman–Crippen LogP) is 3.47. The third kappa shape index (κ3) is 7.67. The van der Waals surface area contributed by atoms with E-state index in [0.29, 0.717) is 22.8 Å². The monoisotopic (exact) mass is 513 g/mol. The van der Waals surface area contributed by atoms with E-state index in [4.69, 9.17) is 18.9 Å². The van der Waals surface area contributed by atoms with E-state index in [-0.39, 0.29) is 17.0 Å². The van der Waals surface area contributed by atoms with Crippen LogP contribution in [0, 0.1) is 0 Å². The molecule has 35 heavy (non-hydrogen) atoms. The normalized spacial score (nSPS) is 11.7. The zero-order valence-electron chi connectivity index (χ0n) is 19.5. The number of carbonyl (C=O) groups excluding carboxylic acids is 2. The number of anilines is 1. The number of ether oxygens (including phenoxy) is 4. The van der Waals surface area contributed by atoms with Crippen LogP contribution in [0.25, 0.3) is 6.08 Å². The lowest BCUT2D eigenvalue weighted by molar-refractivity contribution is -0.136. The third-order valence-electron chi connectivity index (χ3n) is 4.67. The molecule has 0 atom stereocenters. The Hall–Kier alpha value is -3.67. The summed E-state index contributed by atoms with van der Waals surface area (Å²) in [5, 5.41) is 3.20. The standard InChI is InChI=1S/C23H25F2NO8S/c1-31-16-10-20(33-3)17(21(11-16)34-4)7-8-35(29,30)13-15-5-6-19(32-2)18(9-15)26-22(28)12-23(24,25)14-27/h5-11,14H,12-13H2,1-4H3,(H,26,28). The highest BCUT2D eigenvalue weighted by molar-refractivity contribution is 7.93. The van der Waals surface area contributed by atoms with Gasteiger partial charge in [-0.2, -0.15) is 8.78 Å². The molecule has 12 heteroatoms. The maximum absolute atomic E-state index is 13.2. The minimum absolute atomic E-state index is 0.0191. The Morgan fingerprint density at radius 2 is 1.57 bits per heavy atom. The van der Waals surface area contributed by atoms with Gasteiger partial charge in [-0.05, 0) is 23.8 Å². The molecule has 0 aromatic heterocycles. The summed E-state index contributed by atoms with van der Waals surface area (Å²) in [4.78, 5) is 22.3. The lowest BCUT2D eigenvalue weighted by Crippen LogP contribution is -2.26. The number of aldehydes is 1. The molecule has 0 fully saturated rings. The van der Waals surface area contributed by atoms with E-state index in [1.807, 2.05) is 0 Å². The molecule has 0 bridgehead atoms. The van der Waals surface area contributed by atoms with Crippen LogP contribution >= 0.6 is 0 Å². The largest absolute Gasteiger partial charge is 0.496 e. The van der Waals surface area contributed by atoms with Crippen LogP contribution in [-0.4, -0.2) is 55.0 Å². The van der Waals surface area contributed by atoms with E-state index in [9.17, 15) is 26.8 Å². The number of alkyl halides is 2. The van der Waals surface area contributed by atoms with Gasteiger partial charge in [0.15, 0.2) is 16.1 Å². The quantitative estimate of drug-likeness (QED) is 0.429. The molecule has 0 aliphatic heterocycles. The van der Waals surface area contributed by atoms with Crippen molar-refractivity contribution in [2.75, 3.05) is 33.8 Å². The molecule has 0 heterocycles. The van der Waals surface area contributed by atoms with Crippen molar-refractivity contribution in [3.8, 4) is 23.0 Å². The highest BCUT2D eigenvalue weighted by Gasteiger charge is 2.32. The summed E-state index contributed by atoms with van der Waals surface area (Å²) in [5.74, 6) is -4.20. The lowest BCUT2D eigenvalue weighted by Gasteiger charge is -2.14. The smallest absolute Gasteiger partial charge is 0.311 e. The van der Waals surface area contributed by atoms with Crippen molar-refractivity contribution in [2.45, 2.75) is 18.1 Å². The van der Waals surface area contributed by atoms with Gasteiger partial charge in [-0.1, -0.05) is 6.07 Å². The topological polar surface area (TPSA) is 117 Å². The van der Waals surface area contributed by atoms with Gasteiger partial charge < -0.3 is 24.3 Å². The van der Waals surface area contributed by atoms with E-state index < -0.39 is 40.1 Å². The number of hydrogen-bond donors (Lipinski definition) is 1. The third-order valence-corrected chi connectivity index (χ3v) is 5.96. The van der Waals surface area contributed by atoms with Crippen LogP contribution in [0.1, 0.15) is 17.5 Å². The van der Waals surface area contributed by atoms with Crippen molar-refractivity contribution in [2.24, 2.45) is 0 Å². The second kappa shape index (κ2) is 11.6. The molecular formula is C23H25F2NO8S. The summed E-state index contributed by atoms with van der Waals surface area (Å²) in [6.07, 6.45) is -0.664. The van der Waals surface area contributed by atoms with Gasteiger partial charge in [-0.3, -0.25) is 9.59 Å². The van der Waals surface area contributed by atoms with Gasteiger partial charge in [0.05, 0.1) is 51.9 Å². The number of nitrogens with one attached hydrogen (secondary N) is 1. The van der Waals surface area contributed by atoms with Crippen molar-refractivity contribution in [3.63, 3.8) is 0 Å². The van der Waals surface area contributed by atoms with Crippen LogP contribution in [-0.2, 0) is 25.2 Å². The van der Waals surface area contributed by atoms with Crippen LogP contribution in [0.5, 0.6) is 23.0 Å². The molecule has 0 aliphatic rings. The first kappa shape index (κ1) is 27.6. The second-order valence-corrected chi connectivity index (χ2v) is 9.08. The maximum atomic E-state index is 13.2. The van der Waals surface area contributed by atoms with Crippen molar-refractivity contribution in [3.05, 3.63) is 46.9 Å². The van der Waals surface area contributed by atoms with Gasteiger partial charge in [0.1, 0.15) is 23.0 Å². The van der Waals surface area contributed by atoms with E-state index >= 15 is 0 Å². The Balaban J connectivity index is 2.30. The van der Waals surface area contributed by atoms with E-state index in [1.54, 1.807) is 12.1 Å². The fraction of sp³-hybridized carbons (Fsp3) is 0.304. The van der Waals surface area contributed by atoms with E-state index in [2.05, 4.69) is 5.32 Å². The molecule has 1 N–H and O–H groups in total. The number of amides is 1. The van der Waals surface area contributed by atoms with Crippen molar-refractivity contribution in [1.82, 2.24) is 0 Å². The molecule has 0 saturated heterocycles. The zero-order chi connectivity index (χ0) is 26.2. The molecule has 2 rings (SSSR count). The average molecular weight is 514 g/mol. The highest BCUT2D eigenvalue weighted by Crippen LogP contribution is 2.35. The molecule has 0 radical (unpaired) electrons. The summed E-state index contributed by atoms with van der Waals surface area (Å²) in [6.45, 7) is 0. The first-order valence-corrected chi connectivity index (χ1v) is 11.7. The van der Waals surface area contributed by atoms with Crippen molar-refractivity contribution < 1.29 is 45.7 Å². The minimum atomic E-state index is -3.84. The molecule has 0 aliphatic carbocycles. The van der Waals surface area contributed by atoms with Crippen LogP contribution in [0.15, 0.2) is 35.7 Å². The van der Waals surface area contributed by atoms with E-state index in [0.717, 1.165) is 5.41 Å². The molecule has 1 amide bonds. The number of carbonyl (C=O) groups is 2. The van der Waals surface area contributed by atoms with Gasteiger partial charge in [-0.25, -0.2) is 8.42 Å². The molecular weight excluding hydrogens is 488 g/mol. The first-order valence-electron chi connectivity index (χ1n) is 9.99. The molecule has 2 aromatic rings. The van der Waals surface area contributed by atoms with Crippen molar-refractivity contribution in [1.29, 1.82) is 0 Å². The fourth-order valence-corrected chi connectivity index (χ4v) is 4.13. The Labute approximate surface area is 201 Å². The van der Waals surface area contributed by atoms with Gasteiger partial charge in [-0.15, -0.1) is 0 Å². The van der Waals surface area contributed by atoms with E-state index in [1.165, 1.54) is 52.7 Å². The number of hydrogen-bond acceptors (Lipinski definition) is 8. The zero-order valence-corrected chi connectivity index (χ0v) is 20.3. The SMILES string of the molecule is COc1cc(OC)c(C=CS(=O)(=O)Cc2ccc(OC)c(NC(=O)CC(F)(F)C=O)c2)c(OC)c1. The molecule has 9 nitrogen and oxygen atoms in total. The molecule has 0 spiro atoms. The van der Waals surface area contributed by atoms with Crippen LogP contribution < -0.4 is 24.3 Å². The number of halogens is 2. The minimum Gasteiger partial charge on any atom is -0.496 e. The molecule has 2 aromatic carbocycles. The summed E-state index contributed by atoms with van der Waals surface area (Å²) in [7, 11) is 1.75. The number of methoxy groups -OCH3 is 4. The Morgan fingerprint density at radius 3 is 2.09 bits per heavy atom. The summed E-state index contributed by atoms with van der Waals surface area (Å²) in [6, 6.07) is 7.27. The lowest BCUT2D eigenvalue weighted by atomic mass is 10.1. The van der Waals surface area contributed by atoms with Gasteiger partial charge in [0.25, 0.3) is 0 Å². The van der Waals surface area contributed by atoms with Crippen LogP contribution in [0.4, 0.5) is 14.5 Å². The molecule has 0 unspecified atom stereocenters. The Morgan fingerprint density at radius 1 is 0.971 bits per heavy atom. The molecule has 0 saturated carbocycles. The summed E-state index contributed by atoms with van der Waals surface area (Å²) < 4.78 is 72.8. The molecule has 190 valence electrons. The van der Waals surface area contributed by atoms with Gasteiger partial charge in [0.2, 0.25) is 5.91 Å². The van der Waals surface area contributed by atoms with Gasteiger partial charge in [0, 0.05) is 17.5 Å². The highest BCUT2D eigenvalue weighted by atomic mass is 32.2. The maximum Gasteiger partial charge on any atom is 0.311 e. The van der Waals surface area contributed by atoms with Crippen LogP contribution in [0.3, 0.4) is 0 Å². The number of benzene rings is 2. The average Bonchev–Trinajstić information content (AvgIpc) is 2.81. The second-order valence-electron chi connectivity index (χ2n) is 7.19.